The minimum absolute atomic E-state index is 0.459. The first kappa shape index (κ1) is 16.6. The third kappa shape index (κ3) is 4.60. The molecule has 1 saturated carbocycles. The van der Waals surface area contributed by atoms with Crippen molar-refractivity contribution in [3.63, 3.8) is 0 Å². The lowest BCUT2D eigenvalue weighted by Gasteiger charge is -2.36. The molecule has 0 spiro atoms. The summed E-state index contributed by atoms with van der Waals surface area (Å²) in [7, 11) is 1.65. The van der Waals surface area contributed by atoms with Gasteiger partial charge in [0, 0.05) is 18.3 Å². The van der Waals surface area contributed by atoms with Crippen molar-refractivity contribution < 1.29 is 4.74 Å². The van der Waals surface area contributed by atoms with Crippen LogP contribution >= 0.6 is 12.2 Å². The van der Waals surface area contributed by atoms with Gasteiger partial charge in [-0.15, -0.1) is 0 Å². The van der Waals surface area contributed by atoms with Crippen molar-refractivity contribution >= 4 is 23.0 Å². The van der Waals surface area contributed by atoms with Crippen LogP contribution in [-0.2, 0) is 0 Å². The van der Waals surface area contributed by atoms with Crippen molar-refractivity contribution in [3.05, 3.63) is 24.3 Å². The summed E-state index contributed by atoms with van der Waals surface area (Å²) in [5.41, 5.74) is 0.948. The van der Waals surface area contributed by atoms with Crippen molar-refractivity contribution in [2.75, 3.05) is 19.0 Å². The fourth-order valence-corrected chi connectivity index (χ4v) is 3.24. The number of anilines is 1. The van der Waals surface area contributed by atoms with Gasteiger partial charge in [0.25, 0.3) is 0 Å². The van der Waals surface area contributed by atoms with Crippen LogP contribution < -0.4 is 10.1 Å². The molecule has 1 N–H and O–H groups in total. The smallest absolute Gasteiger partial charge is 0.173 e. The molecule has 1 aliphatic rings. The Kier molecular flexibility index (Phi) is 6.47. The maximum Gasteiger partial charge on any atom is 0.173 e. The average molecular weight is 317 g/mol. The van der Waals surface area contributed by atoms with Crippen LogP contribution in [0.2, 0.25) is 0 Å². The topological polar surface area (TPSA) is 48.3 Å². The average Bonchev–Trinajstić information content (AvgIpc) is 2.57. The molecule has 0 saturated heterocycles. The molecule has 0 unspecified atom stereocenters. The molecular formula is C17H23N3OS. The van der Waals surface area contributed by atoms with E-state index in [9.17, 15) is 0 Å². The monoisotopic (exact) mass is 317 g/mol. The highest BCUT2D eigenvalue weighted by Gasteiger charge is 2.23. The molecule has 5 heteroatoms. The van der Waals surface area contributed by atoms with Crippen molar-refractivity contribution in [2.24, 2.45) is 0 Å². The van der Waals surface area contributed by atoms with Crippen LogP contribution in [0.5, 0.6) is 5.75 Å². The first-order chi connectivity index (χ1) is 10.7. The van der Waals surface area contributed by atoms with E-state index in [1.165, 1.54) is 19.3 Å². The number of benzene rings is 1. The first-order valence-electron chi connectivity index (χ1n) is 7.83. The summed E-state index contributed by atoms with van der Waals surface area (Å²) < 4.78 is 5.16. The zero-order chi connectivity index (χ0) is 15.8. The molecule has 22 heavy (non-hydrogen) atoms. The number of rotatable bonds is 5. The minimum Gasteiger partial charge on any atom is -0.497 e. The van der Waals surface area contributed by atoms with Crippen molar-refractivity contribution in [2.45, 2.75) is 44.6 Å². The van der Waals surface area contributed by atoms with Gasteiger partial charge in [0.15, 0.2) is 5.11 Å². The Morgan fingerprint density at radius 3 is 2.59 bits per heavy atom. The van der Waals surface area contributed by atoms with Gasteiger partial charge in [-0.2, -0.15) is 5.26 Å². The zero-order valence-corrected chi connectivity index (χ0v) is 13.9. The Bertz CT molecular complexity index is 518. The van der Waals surface area contributed by atoms with E-state index in [-0.39, 0.29) is 0 Å². The van der Waals surface area contributed by atoms with E-state index in [0.717, 1.165) is 24.3 Å². The second-order valence-corrected chi connectivity index (χ2v) is 5.94. The Morgan fingerprint density at radius 1 is 1.32 bits per heavy atom. The first-order valence-corrected chi connectivity index (χ1v) is 8.24. The number of ether oxygens (including phenoxy) is 1. The Labute approximate surface area is 138 Å². The van der Waals surface area contributed by atoms with Gasteiger partial charge in [-0.1, -0.05) is 19.3 Å². The van der Waals surface area contributed by atoms with Gasteiger partial charge >= 0.3 is 0 Å². The van der Waals surface area contributed by atoms with Crippen molar-refractivity contribution in [3.8, 4) is 11.8 Å². The zero-order valence-electron chi connectivity index (χ0n) is 13.0. The molecule has 0 radical (unpaired) electrons. The summed E-state index contributed by atoms with van der Waals surface area (Å²) >= 11 is 5.59. The molecule has 0 heterocycles. The van der Waals surface area contributed by atoms with Gasteiger partial charge in [-0.3, -0.25) is 0 Å². The van der Waals surface area contributed by atoms with Crippen LogP contribution in [0.3, 0.4) is 0 Å². The highest BCUT2D eigenvalue weighted by molar-refractivity contribution is 7.80. The number of methoxy groups -OCH3 is 1. The molecule has 0 bridgehead atoms. The predicted molar refractivity (Wildman–Crippen MR) is 93.0 cm³/mol. The normalized spacial score (nSPS) is 14.9. The molecule has 0 amide bonds. The van der Waals surface area contributed by atoms with E-state index >= 15 is 0 Å². The Hall–Kier alpha value is -1.80. The molecule has 0 atom stereocenters. The van der Waals surface area contributed by atoms with Crippen LogP contribution in [-0.4, -0.2) is 29.7 Å². The third-order valence-electron chi connectivity index (χ3n) is 4.08. The molecule has 1 aliphatic carbocycles. The van der Waals surface area contributed by atoms with Gasteiger partial charge in [0.2, 0.25) is 0 Å². The summed E-state index contributed by atoms with van der Waals surface area (Å²) in [5.74, 6) is 0.824. The maximum absolute atomic E-state index is 8.89. The lowest BCUT2D eigenvalue weighted by Crippen LogP contribution is -2.44. The molecule has 1 aromatic rings. The van der Waals surface area contributed by atoms with Crippen LogP contribution in [0.25, 0.3) is 0 Å². The number of hydrogen-bond acceptors (Lipinski definition) is 3. The van der Waals surface area contributed by atoms with Crippen LogP contribution in [0.4, 0.5) is 5.69 Å². The largest absolute Gasteiger partial charge is 0.497 e. The van der Waals surface area contributed by atoms with Gasteiger partial charge in [0.1, 0.15) is 5.75 Å². The van der Waals surface area contributed by atoms with Gasteiger partial charge in [0.05, 0.1) is 19.6 Å². The minimum atomic E-state index is 0.459. The summed E-state index contributed by atoms with van der Waals surface area (Å²) in [4.78, 5) is 2.20. The molecular weight excluding hydrogens is 294 g/mol. The number of hydrogen-bond donors (Lipinski definition) is 1. The van der Waals surface area contributed by atoms with Crippen LogP contribution in [0.15, 0.2) is 24.3 Å². The predicted octanol–water partition coefficient (Wildman–Crippen LogP) is 3.94. The number of nitrogens with zero attached hydrogens (tertiary/aromatic N) is 2. The summed E-state index contributed by atoms with van der Waals surface area (Å²) in [6, 6.07) is 10.4. The number of thiocarbonyl (C=S) groups is 1. The third-order valence-corrected chi connectivity index (χ3v) is 4.42. The van der Waals surface area contributed by atoms with Crippen molar-refractivity contribution in [1.82, 2.24) is 4.90 Å². The fourth-order valence-electron chi connectivity index (χ4n) is 2.88. The van der Waals surface area contributed by atoms with Gasteiger partial charge in [-0.25, -0.2) is 0 Å². The lowest BCUT2D eigenvalue weighted by molar-refractivity contribution is 0.250. The highest BCUT2D eigenvalue weighted by Crippen LogP contribution is 2.24. The van der Waals surface area contributed by atoms with E-state index in [2.05, 4.69) is 16.3 Å². The van der Waals surface area contributed by atoms with Crippen LogP contribution in [0, 0.1) is 11.3 Å². The molecule has 4 nitrogen and oxygen atoms in total. The fraction of sp³-hybridized carbons (Fsp3) is 0.529. The lowest BCUT2D eigenvalue weighted by atomic mass is 9.94. The SMILES string of the molecule is COc1ccc(NC(=S)N(CCC#N)C2CCCCC2)cc1. The number of nitriles is 1. The quantitative estimate of drug-likeness (QED) is 0.834. The molecule has 1 aromatic carbocycles. The van der Waals surface area contributed by atoms with Crippen molar-refractivity contribution in [1.29, 1.82) is 5.26 Å². The molecule has 0 aliphatic heterocycles. The van der Waals surface area contributed by atoms with Gasteiger partial charge in [-0.05, 0) is 49.3 Å². The van der Waals surface area contributed by atoms with E-state index in [1.54, 1.807) is 7.11 Å². The van der Waals surface area contributed by atoms with Crippen LogP contribution in [0.1, 0.15) is 38.5 Å². The summed E-state index contributed by atoms with van der Waals surface area (Å²) in [6.45, 7) is 0.698. The number of nitrogens with one attached hydrogen (secondary N) is 1. The molecule has 0 aromatic heterocycles. The molecule has 1 fully saturated rings. The molecule has 118 valence electrons. The van der Waals surface area contributed by atoms with E-state index in [1.807, 2.05) is 24.3 Å². The van der Waals surface area contributed by atoms with E-state index < -0.39 is 0 Å². The molecule has 2 rings (SSSR count). The standard InChI is InChI=1S/C17H23N3OS/c1-21-16-10-8-14(9-11-16)19-17(22)20(13-5-12-18)15-6-3-2-4-7-15/h8-11,15H,2-7,13H2,1H3,(H,19,22). The second-order valence-electron chi connectivity index (χ2n) is 5.55. The van der Waals surface area contributed by atoms with Gasteiger partial charge < -0.3 is 15.0 Å². The van der Waals surface area contributed by atoms with E-state index in [4.69, 9.17) is 22.2 Å². The Balaban J connectivity index is 2.01. The summed E-state index contributed by atoms with van der Waals surface area (Å²) in [6.07, 6.45) is 6.63. The Morgan fingerprint density at radius 2 is 2.00 bits per heavy atom. The summed E-state index contributed by atoms with van der Waals surface area (Å²) in [5, 5.41) is 12.9. The second kappa shape index (κ2) is 8.60. The highest BCUT2D eigenvalue weighted by atomic mass is 32.1. The maximum atomic E-state index is 8.89. The van der Waals surface area contributed by atoms with E-state index in [0.29, 0.717) is 24.1 Å².